The standard InChI is InChI=1S/C2H8N2.4C2H4O2.4Na.H4O7P2/c3-1-2-4;4*1-2(3)4;;;;;1-8(2,3)7-9(4,5)6/h1-4H2;4*1H3,(H,3,4);;;;;(H2,1,2,3)(H2,4,5,6)/q;;;;;4*+1;/p-4. The summed E-state index contributed by atoms with van der Waals surface area (Å²) in [5.41, 5.74) is 9.81. The molecular weight excluding hydrogens is 542 g/mol. The zero-order chi connectivity index (χ0) is 25.4. The Morgan fingerprint density at radius 1 is 0.606 bits per heavy atom. The van der Waals surface area contributed by atoms with Gasteiger partial charge in [-0.3, -0.25) is 19.2 Å². The van der Waals surface area contributed by atoms with E-state index in [1.165, 1.54) is 0 Å². The number of hydrogen-bond donors (Lipinski definition) is 6. The van der Waals surface area contributed by atoms with Crippen molar-refractivity contribution in [1.29, 1.82) is 0 Å². The maximum Gasteiger partial charge on any atom is 1.00 e. The molecule has 0 aliphatic rings. The molecule has 0 bridgehead atoms. The number of carboxylic acid groups (broad SMARTS) is 4. The van der Waals surface area contributed by atoms with Crippen LogP contribution in [0.5, 0.6) is 0 Å². The van der Waals surface area contributed by atoms with Crippen LogP contribution in [0, 0.1) is 0 Å². The van der Waals surface area contributed by atoms with Gasteiger partial charge in [0, 0.05) is 40.8 Å². The van der Waals surface area contributed by atoms with Crippen molar-refractivity contribution >= 4 is 39.5 Å². The molecule has 0 rings (SSSR count). The third kappa shape index (κ3) is 426. The first kappa shape index (κ1) is 64.8. The molecule has 0 amide bonds. The second kappa shape index (κ2) is 44.1. The second-order valence-electron chi connectivity index (χ2n) is 3.63. The first-order chi connectivity index (χ1) is 12.5. The van der Waals surface area contributed by atoms with Crippen LogP contribution in [0.1, 0.15) is 27.7 Å². The van der Waals surface area contributed by atoms with Crippen LogP contribution in [0.4, 0.5) is 0 Å². The maximum atomic E-state index is 9.32. The largest absolute Gasteiger partial charge is 1.00 e. The van der Waals surface area contributed by atoms with Crippen molar-refractivity contribution in [3.8, 4) is 0 Å². The number of nitrogens with two attached hydrogens (primary N) is 2. The van der Waals surface area contributed by atoms with Gasteiger partial charge in [-0.2, -0.15) is 0 Å². The van der Waals surface area contributed by atoms with E-state index in [-0.39, 0.29) is 118 Å². The molecule has 0 unspecified atom stereocenters. The summed E-state index contributed by atoms with van der Waals surface area (Å²) >= 11 is 0. The summed E-state index contributed by atoms with van der Waals surface area (Å²) in [7, 11) is -11.4. The van der Waals surface area contributed by atoms with Crippen molar-refractivity contribution < 1.29 is 191 Å². The molecule has 0 saturated carbocycles. The minimum atomic E-state index is -5.68. The minimum Gasteiger partial charge on any atom is -0.790 e. The van der Waals surface area contributed by atoms with Gasteiger partial charge in [0.2, 0.25) is 0 Å². The molecule has 0 heterocycles. The summed E-state index contributed by atoms with van der Waals surface area (Å²) in [6, 6.07) is 0. The fourth-order valence-electron chi connectivity index (χ4n) is 0.122. The first-order valence-corrected chi connectivity index (χ1v) is 9.41. The molecule has 0 aliphatic heterocycles. The van der Waals surface area contributed by atoms with Crippen molar-refractivity contribution in [2.24, 2.45) is 11.5 Å². The average molecular weight is 566 g/mol. The molecule has 0 spiro atoms. The Morgan fingerprint density at radius 2 is 0.697 bits per heavy atom. The number of hydrogen-bond acceptors (Lipinski definition) is 13. The molecule has 0 atom stereocenters. The van der Waals surface area contributed by atoms with E-state index >= 15 is 0 Å². The van der Waals surface area contributed by atoms with Crippen LogP contribution < -0.4 is 149 Å². The fourth-order valence-corrected chi connectivity index (χ4v) is 1.10. The van der Waals surface area contributed by atoms with E-state index in [0.29, 0.717) is 13.1 Å². The Bertz CT molecular complexity index is 459. The Balaban J connectivity index is -0.0000000245. The smallest absolute Gasteiger partial charge is 0.790 e. The van der Waals surface area contributed by atoms with Gasteiger partial charge in [-0.05, 0) is 0 Å². The van der Waals surface area contributed by atoms with Gasteiger partial charge < -0.3 is 64.9 Å². The predicted octanol–water partition coefficient (Wildman–Crippen LogP) is -16.1. The molecule has 0 aromatic heterocycles. The molecule has 178 valence electrons. The third-order valence-electron chi connectivity index (χ3n) is 0.367. The minimum absolute atomic E-state index is 0. The Kier molecular flexibility index (Phi) is 86.5. The molecule has 0 fully saturated rings. The van der Waals surface area contributed by atoms with E-state index in [2.05, 4.69) is 4.31 Å². The number of phosphoric acid groups is 2. The summed E-state index contributed by atoms with van der Waals surface area (Å²) in [6.07, 6.45) is 0. The van der Waals surface area contributed by atoms with Crippen LogP contribution in [0.25, 0.3) is 0 Å². The van der Waals surface area contributed by atoms with E-state index < -0.39 is 39.5 Å². The molecule has 0 aromatic carbocycles. The van der Waals surface area contributed by atoms with Gasteiger partial charge in [0.05, 0.1) is 15.6 Å². The van der Waals surface area contributed by atoms with Crippen LogP contribution in [-0.2, 0) is 32.6 Å². The Labute approximate surface area is 279 Å². The second-order valence-corrected chi connectivity index (χ2v) is 6.07. The van der Waals surface area contributed by atoms with Crippen molar-refractivity contribution in [2.75, 3.05) is 13.1 Å². The normalized spacial score (nSPS) is 7.70. The van der Waals surface area contributed by atoms with Crippen molar-refractivity contribution in [3.63, 3.8) is 0 Å². The number of carbonyl (C=O) groups is 4. The number of carboxylic acids is 4. The van der Waals surface area contributed by atoms with E-state index in [1.807, 2.05) is 0 Å². The maximum absolute atomic E-state index is 9.32. The van der Waals surface area contributed by atoms with Crippen LogP contribution in [0.3, 0.4) is 0 Å². The van der Waals surface area contributed by atoms with Crippen molar-refractivity contribution in [1.82, 2.24) is 0 Å². The van der Waals surface area contributed by atoms with E-state index in [4.69, 9.17) is 51.1 Å². The predicted molar refractivity (Wildman–Crippen MR) is 87.6 cm³/mol. The molecule has 0 saturated heterocycles. The fraction of sp³-hybridized carbons (Fsp3) is 0.600. The van der Waals surface area contributed by atoms with Gasteiger partial charge in [-0.25, -0.2) is 0 Å². The quantitative estimate of drug-likeness (QED) is 0.136. The Morgan fingerprint density at radius 3 is 0.697 bits per heavy atom. The van der Waals surface area contributed by atoms with E-state index in [0.717, 1.165) is 27.7 Å². The molecule has 0 aliphatic carbocycles. The molecule has 0 radical (unpaired) electrons. The van der Waals surface area contributed by atoms with Crippen LogP contribution in [0.15, 0.2) is 0 Å². The van der Waals surface area contributed by atoms with Crippen molar-refractivity contribution in [2.45, 2.75) is 27.7 Å². The molecule has 23 heteroatoms. The summed E-state index contributed by atoms with van der Waals surface area (Å²) < 4.78 is 21.2. The van der Waals surface area contributed by atoms with Crippen LogP contribution in [0.2, 0.25) is 0 Å². The SMILES string of the molecule is CC(=O)O.CC(=O)O.CC(=O)O.CC(=O)O.NCCN.O=P([O-])([O-])OP(=O)([O-])[O-].[Na+].[Na+].[Na+].[Na+]. The topological polar surface area (TPSA) is 337 Å². The molecule has 17 nitrogen and oxygen atoms in total. The van der Waals surface area contributed by atoms with Gasteiger partial charge in [-0.15, -0.1) is 0 Å². The molecule has 8 N–H and O–H groups in total. The number of rotatable bonds is 3. The van der Waals surface area contributed by atoms with Gasteiger partial charge in [0.15, 0.2) is 0 Å². The monoisotopic (exact) mass is 566 g/mol. The van der Waals surface area contributed by atoms with Gasteiger partial charge >= 0.3 is 118 Å². The molecule has 33 heavy (non-hydrogen) atoms. The van der Waals surface area contributed by atoms with Gasteiger partial charge in [-0.1, -0.05) is 0 Å². The summed E-state index contributed by atoms with van der Waals surface area (Å²) in [6.45, 7) is 5.53. The molecule has 0 aromatic rings. The Hall–Kier alpha value is 2.06. The van der Waals surface area contributed by atoms with Crippen LogP contribution >= 0.6 is 15.6 Å². The first-order valence-electron chi connectivity index (χ1n) is 6.49. The van der Waals surface area contributed by atoms with Crippen molar-refractivity contribution in [3.05, 3.63) is 0 Å². The molecular formula is C10H24N2Na4O15P2. The summed E-state index contributed by atoms with van der Waals surface area (Å²) in [5.74, 6) is -3.33. The van der Waals surface area contributed by atoms with Gasteiger partial charge in [0.1, 0.15) is 0 Å². The summed E-state index contributed by atoms with van der Waals surface area (Å²) in [5, 5.41) is 29.7. The van der Waals surface area contributed by atoms with E-state index in [9.17, 15) is 28.7 Å². The zero-order valence-electron chi connectivity index (χ0n) is 19.7. The van der Waals surface area contributed by atoms with E-state index in [1.54, 1.807) is 0 Å². The van der Waals surface area contributed by atoms with Gasteiger partial charge in [0.25, 0.3) is 23.9 Å². The zero-order valence-corrected chi connectivity index (χ0v) is 29.5. The third-order valence-corrected chi connectivity index (χ3v) is 1.97. The average Bonchev–Trinajstić information content (AvgIpc) is 2.31. The number of aliphatic carboxylic acids is 4. The summed E-state index contributed by atoms with van der Waals surface area (Å²) in [4.78, 5) is 73.3. The van der Waals surface area contributed by atoms with Crippen LogP contribution in [-0.4, -0.2) is 57.4 Å².